The molecule has 740 valence electrons. The summed E-state index contributed by atoms with van der Waals surface area (Å²) in [6.45, 7) is 17.9. The zero-order valence-corrected chi connectivity index (χ0v) is 88.6. The number of rotatable bonds is 24. The first-order valence-corrected chi connectivity index (χ1v) is 53.8. The Labute approximate surface area is 883 Å². The van der Waals surface area contributed by atoms with E-state index in [0.717, 1.165) is 134 Å². The van der Waals surface area contributed by atoms with E-state index in [1.165, 1.54) is 89.0 Å². The maximum Gasteiger partial charge on any atom is 0.281 e. The van der Waals surface area contributed by atoms with Crippen LogP contribution in [-0.2, 0) is 4.74 Å². The van der Waals surface area contributed by atoms with Crippen molar-refractivity contribution in [3.8, 4) is 64.8 Å². The smallest absolute Gasteiger partial charge is 0.281 e. The highest BCUT2D eigenvalue weighted by Gasteiger charge is 2.32. The summed E-state index contributed by atoms with van der Waals surface area (Å²) in [6, 6.07) is 34.0. The maximum atomic E-state index is 13.0. The number of hydrazine groups is 3. The van der Waals surface area contributed by atoms with E-state index in [4.69, 9.17) is 97.5 Å². The molecule has 12 aromatic rings. The fourth-order valence-electron chi connectivity index (χ4n) is 15.0. The largest absolute Gasteiger partial charge is 0.506 e. The van der Waals surface area contributed by atoms with Gasteiger partial charge in [0.2, 0.25) is 0 Å². The van der Waals surface area contributed by atoms with Gasteiger partial charge in [-0.1, -0.05) is 123 Å². The van der Waals surface area contributed by atoms with Crippen LogP contribution >= 0.6 is 184 Å². The van der Waals surface area contributed by atoms with E-state index in [1.54, 1.807) is 176 Å². The van der Waals surface area contributed by atoms with Gasteiger partial charge in [-0.05, 0) is 206 Å². The molecule has 5 saturated heterocycles. The maximum absolute atomic E-state index is 13.0. The molecule has 5 aliphatic rings. The molecule has 0 bridgehead atoms. The number of hydrogen-bond acceptors (Lipinski definition) is 30. The van der Waals surface area contributed by atoms with Crippen molar-refractivity contribution >= 4 is 254 Å². The van der Waals surface area contributed by atoms with Crippen LogP contribution < -0.4 is 38.0 Å². The predicted molar refractivity (Wildman–Crippen MR) is 571 cm³/mol. The number of hydrogen-bond donors (Lipinski definition) is 11. The van der Waals surface area contributed by atoms with E-state index in [9.17, 15) is 58.8 Å². The summed E-state index contributed by atoms with van der Waals surface area (Å²) in [5, 5.41) is 75.3. The Kier molecular flexibility index (Phi) is 38.0. The van der Waals surface area contributed by atoms with Crippen molar-refractivity contribution in [2.45, 2.75) is 78.7 Å². The quantitative estimate of drug-likeness (QED) is 0.0198. The summed E-state index contributed by atoms with van der Waals surface area (Å²) in [7, 11) is 2.04. The van der Waals surface area contributed by atoms with Crippen molar-refractivity contribution in [3.05, 3.63) is 244 Å². The number of halogens is 8. The van der Waals surface area contributed by atoms with Gasteiger partial charge in [-0.15, -0.1) is 90.7 Å². The number of piperidine rings is 2. The molecule has 0 radical (unpaired) electrons. The Balaban J connectivity index is 0.000000150. The van der Waals surface area contributed by atoms with Crippen molar-refractivity contribution in [3.63, 3.8) is 0 Å². The van der Waals surface area contributed by atoms with Crippen molar-refractivity contribution in [1.29, 1.82) is 0 Å². The molecule has 0 aliphatic carbocycles. The van der Waals surface area contributed by atoms with E-state index in [0.29, 0.717) is 176 Å². The van der Waals surface area contributed by atoms with Crippen molar-refractivity contribution in [1.82, 2.24) is 67.7 Å². The van der Waals surface area contributed by atoms with Crippen molar-refractivity contribution in [2.24, 2.45) is 20.4 Å². The number of carbonyl (C=O) groups is 8. The molecule has 5 aliphatic heterocycles. The fraction of sp³-hybridized carbons (Fsp3) is 0.284. The minimum absolute atomic E-state index is 0.0216. The van der Waals surface area contributed by atoms with Crippen LogP contribution in [0.25, 0.3) is 41.8 Å². The van der Waals surface area contributed by atoms with E-state index in [1.807, 2.05) is 22.0 Å². The second kappa shape index (κ2) is 50.1. The van der Waals surface area contributed by atoms with Gasteiger partial charge in [0.05, 0.1) is 157 Å². The number of nitrogens with zero attached hydrogens (tertiary/aromatic N) is 10. The van der Waals surface area contributed by atoms with Crippen LogP contribution in [0.2, 0.25) is 40.2 Å². The van der Waals surface area contributed by atoms with Gasteiger partial charge < -0.3 is 39.9 Å². The second-order valence-electron chi connectivity index (χ2n) is 32.6. The minimum atomic E-state index is -0.450. The van der Waals surface area contributed by atoms with Crippen LogP contribution in [0.4, 0.5) is 0 Å². The van der Waals surface area contributed by atoms with Gasteiger partial charge in [-0.2, -0.15) is 20.4 Å². The number of thiophene rings is 8. The minimum Gasteiger partial charge on any atom is -0.506 e. The normalized spacial score (nSPS) is 15.5. The number of piperazine rings is 1. The second-order valence-corrected chi connectivity index (χ2v) is 43.7. The number of ether oxygens (including phenoxy) is 1. The molecule has 5 fully saturated rings. The van der Waals surface area contributed by atoms with Crippen LogP contribution in [-0.4, -0.2) is 225 Å². The number of likely N-dealkylation sites (N-methyl/N-ethyl adjacent to an activating group) is 1. The number of benzene rings is 4. The standard InChI is InChI=1S/C27H28Cl2N4O3S2.C23H23Cl2N5O3S2.C23H22Cl2N4O3S2.C22H20Cl2N4O4S2/c1-16(19-15-37-25(24(19)34)17-4-5-20(28)21(29)14-17)30-31-26(35)22-6-7-23(38-22)27(36)33-12-8-18(9-13-33)32-10-2-3-11-32;1-13(15-12-34-21(20(15)31)14-3-4-16(24)17(25)11-14)26-27-22(32)18-5-6-19(35-18)23(33)28-30-9-7-29(2)8-10-30;1-13(15-12-33-21(20(15)30)14-5-6-16(24)17(25)11-14)26-27-22(31)18-7-8-19(34-18)23(32)28-29-9-3-2-4-10-29;1-12(14-11-33-20(19(14)29)13-2-3-15(23)16(24)10-13)25-26-21(30)17-4-5-18(34-17)22(31)27-28-6-8-32-9-7-28/h4-7,14-15,18,34H,2-3,8-13H2,1H3,(H,31,35);3-6,11-12,31H,7-10H2,1-2H3,(H,27,32)(H,28,33);5-8,11-12,30H,2-4,9-10H2,1H3,(H,27,31)(H,28,32);2-5,10-11,29H,6-9H2,1H3,(H,26,30)(H,27,31)/b30-16+;2*26-13+;25-12+. The SMILES string of the molecule is C/C(=N\NC(=O)c1ccc(C(=O)N2CCC(N3CCCC3)CC2)s1)c1csc(-c2ccc(Cl)c(Cl)c2)c1O.C/C(=N\NC(=O)c1ccc(C(=O)NN2CCCCC2)s1)c1csc(-c2ccc(Cl)c(Cl)c2)c1O.C/C(=N\NC(=O)c1ccc(C(=O)NN2CCN(C)CC2)s1)c1csc(-c2ccc(Cl)c(Cl)c2)c1O.C/C(=N\NC(=O)c1ccc(C(=O)NN2CCOCC2)s1)c1csc(-c2ccc(Cl)c(Cl)c2)c1O. The molecule has 13 heterocycles. The number of morpholine rings is 1. The molecule has 0 unspecified atom stereocenters. The highest BCUT2D eigenvalue weighted by Crippen LogP contribution is 2.46. The third-order valence-electron chi connectivity index (χ3n) is 22.9. The van der Waals surface area contributed by atoms with Crippen LogP contribution in [0.1, 0.15) is 172 Å². The Hall–Kier alpha value is -9.80. The first kappa shape index (κ1) is 107. The molecule has 8 amide bonds. The molecule has 0 atom stereocenters. The van der Waals surface area contributed by atoms with Gasteiger partial charge in [-0.3, -0.25) is 54.6 Å². The van der Waals surface area contributed by atoms with Gasteiger partial charge in [0.15, 0.2) is 0 Å². The molecule has 11 N–H and O–H groups in total. The van der Waals surface area contributed by atoms with Crippen LogP contribution in [0.15, 0.2) is 163 Å². The summed E-state index contributed by atoms with van der Waals surface area (Å²) in [4.78, 5) is 113. The van der Waals surface area contributed by atoms with E-state index in [-0.39, 0.29) is 46.6 Å². The third-order valence-corrected chi connectivity index (χ3v) is 34.3. The topological polar surface area (TPSA) is 380 Å². The molecule has 0 spiro atoms. The van der Waals surface area contributed by atoms with Crippen LogP contribution in [0.3, 0.4) is 0 Å². The molecular weight excluding hydrogens is 2130 g/mol. The van der Waals surface area contributed by atoms with E-state index < -0.39 is 23.6 Å². The molecule has 0 saturated carbocycles. The fourth-order valence-corrected chi connectivity index (χ4v) is 23.4. The molecule has 4 aromatic carbocycles. The molecule has 8 aromatic heterocycles. The van der Waals surface area contributed by atoms with Crippen molar-refractivity contribution in [2.75, 3.05) is 98.8 Å². The monoisotopic (exact) mass is 2220 g/mol. The number of likely N-dealkylation sites (tertiary alicyclic amines) is 2. The molecule has 141 heavy (non-hydrogen) atoms. The van der Waals surface area contributed by atoms with E-state index in [2.05, 4.69) is 68.2 Å². The van der Waals surface area contributed by atoms with Gasteiger partial charge in [0.25, 0.3) is 47.3 Å². The average Bonchev–Trinajstić information content (AvgIpc) is 1.68. The highest BCUT2D eigenvalue weighted by atomic mass is 35.5. The Morgan fingerprint density at radius 1 is 0.326 bits per heavy atom. The van der Waals surface area contributed by atoms with Gasteiger partial charge in [0, 0.05) is 93.0 Å². The van der Waals surface area contributed by atoms with Gasteiger partial charge in [0.1, 0.15) is 23.0 Å². The predicted octanol–water partition coefficient (Wildman–Crippen LogP) is 21.3. The molecule has 46 heteroatoms. The Morgan fingerprint density at radius 3 is 0.901 bits per heavy atom. The summed E-state index contributed by atoms with van der Waals surface area (Å²) >= 11 is 58.1. The van der Waals surface area contributed by atoms with Gasteiger partial charge >= 0.3 is 0 Å². The van der Waals surface area contributed by atoms with E-state index >= 15 is 0 Å². The van der Waals surface area contributed by atoms with Crippen LogP contribution in [0, 0.1) is 0 Å². The first-order chi connectivity index (χ1) is 67.7. The Bertz CT molecular complexity index is 6540. The molecule has 17 rings (SSSR count). The lowest BCUT2D eigenvalue weighted by atomic mass is 10.0. The summed E-state index contributed by atoms with van der Waals surface area (Å²) in [6.07, 6.45) is 7.85. The molecular formula is C95H93Cl8N17O13S8. The zero-order valence-electron chi connectivity index (χ0n) is 76.0. The molecule has 30 nitrogen and oxygen atoms in total. The first-order valence-electron chi connectivity index (χ1n) is 44.0. The zero-order chi connectivity index (χ0) is 100. The number of aromatic hydroxyl groups is 4. The Morgan fingerprint density at radius 2 is 0.596 bits per heavy atom. The number of amides is 8. The third kappa shape index (κ3) is 27.8. The summed E-state index contributed by atoms with van der Waals surface area (Å²) in [5.41, 5.74) is 25.3. The van der Waals surface area contributed by atoms with Crippen molar-refractivity contribution < 1.29 is 63.5 Å². The lowest BCUT2D eigenvalue weighted by Crippen LogP contribution is -2.52. The summed E-state index contributed by atoms with van der Waals surface area (Å²) in [5.74, 6) is -2.29. The number of hydrazone groups is 4. The average molecular weight is 2220 g/mol. The number of carbonyl (C=O) groups excluding carboxylic acids is 8. The van der Waals surface area contributed by atoms with Gasteiger partial charge in [-0.25, -0.2) is 36.7 Å². The lowest BCUT2D eigenvalue weighted by molar-refractivity contribution is 0.0127. The summed E-state index contributed by atoms with van der Waals surface area (Å²) < 4.78 is 5.26. The number of nitrogens with one attached hydrogen (secondary N) is 7. The highest BCUT2D eigenvalue weighted by molar-refractivity contribution is 7.18. The lowest BCUT2D eigenvalue weighted by Gasteiger charge is -2.36. The van der Waals surface area contributed by atoms with Crippen LogP contribution in [0.5, 0.6) is 23.0 Å².